The first-order valence-electron chi connectivity index (χ1n) is 6.67. The van der Waals surface area contributed by atoms with Crippen molar-refractivity contribution in [2.24, 2.45) is 5.41 Å². The zero-order valence-corrected chi connectivity index (χ0v) is 13.3. The normalized spacial score (nSPS) is 24.4. The second kappa shape index (κ2) is 5.12. The highest BCUT2D eigenvalue weighted by Gasteiger charge is 2.47. The topological polar surface area (TPSA) is 66.6 Å². The minimum Gasteiger partial charge on any atom is -0.392 e. The highest BCUT2D eigenvalue weighted by molar-refractivity contribution is 7.15. The first-order valence-corrected chi connectivity index (χ1v) is 7.93. The largest absolute Gasteiger partial charge is 0.392 e. The lowest BCUT2D eigenvalue weighted by molar-refractivity contribution is -0.124. The fraction of sp³-hybridized carbons (Fsp3) is 0.429. The van der Waals surface area contributed by atoms with E-state index in [0.29, 0.717) is 17.3 Å². The quantitative estimate of drug-likeness (QED) is 0.851. The van der Waals surface area contributed by atoms with E-state index in [9.17, 15) is 9.90 Å². The number of aliphatic hydroxyl groups excluding tert-OH is 1. The molecule has 1 aliphatic rings. The molecule has 2 unspecified atom stereocenters. The Kier molecular flexibility index (Phi) is 3.55. The average Bonchev–Trinajstić information content (AvgIpc) is 2.97. The fourth-order valence-electron chi connectivity index (χ4n) is 2.45. The van der Waals surface area contributed by atoms with Crippen LogP contribution in [0.2, 0.25) is 5.15 Å². The summed E-state index contributed by atoms with van der Waals surface area (Å²) in [6, 6.07) is -0.00766. The summed E-state index contributed by atoms with van der Waals surface area (Å²) in [7, 11) is 0. The van der Waals surface area contributed by atoms with Gasteiger partial charge in [-0.1, -0.05) is 25.4 Å². The Labute approximate surface area is 131 Å². The second-order valence-corrected chi connectivity index (χ2v) is 7.04. The molecule has 7 heteroatoms. The summed E-state index contributed by atoms with van der Waals surface area (Å²) in [5.41, 5.74) is 0.411. The summed E-state index contributed by atoms with van der Waals surface area (Å²) < 4.78 is 1.84. The molecule has 2 heterocycles. The van der Waals surface area contributed by atoms with Gasteiger partial charge in [0.1, 0.15) is 0 Å². The molecular weight excluding hydrogens is 310 g/mol. The summed E-state index contributed by atoms with van der Waals surface area (Å²) in [6.07, 6.45) is 5.21. The van der Waals surface area contributed by atoms with Gasteiger partial charge in [-0.05, 0) is 12.5 Å². The monoisotopic (exact) mass is 325 g/mol. The van der Waals surface area contributed by atoms with Crippen LogP contribution in [-0.4, -0.2) is 32.5 Å². The van der Waals surface area contributed by atoms with Gasteiger partial charge in [0.2, 0.25) is 5.91 Å². The van der Waals surface area contributed by atoms with E-state index < -0.39 is 0 Å². The first-order chi connectivity index (χ1) is 9.89. The van der Waals surface area contributed by atoms with Crippen LogP contribution in [0, 0.1) is 5.41 Å². The third kappa shape index (κ3) is 2.47. The third-order valence-corrected chi connectivity index (χ3v) is 5.21. The molecule has 2 N–H and O–H groups in total. The number of carbonyl (C=O) groups is 1. The molecule has 0 bridgehead atoms. The molecule has 0 radical (unpaired) electrons. The van der Waals surface area contributed by atoms with E-state index in [2.05, 4.69) is 10.3 Å². The molecule has 0 aliphatic heterocycles. The van der Waals surface area contributed by atoms with Crippen molar-refractivity contribution in [1.29, 1.82) is 0 Å². The minimum absolute atomic E-state index is 0.00766. The number of aliphatic hydroxyl groups is 1. The van der Waals surface area contributed by atoms with Gasteiger partial charge in [-0.2, -0.15) is 0 Å². The number of rotatable bonds is 3. The lowest BCUT2D eigenvalue weighted by atomic mass is 9.64. The van der Waals surface area contributed by atoms with Crippen LogP contribution in [0.25, 0.3) is 11.0 Å². The van der Waals surface area contributed by atoms with E-state index in [1.54, 1.807) is 6.08 Å². The van der Waals surface area contributed by atoms with Gasteiger partial charge < -0.3 is 10.4 Å². The summed E-state index contributed by atoms with van der Waals surface area (Å²) in [6.45, 7) is 3.89. The Morgan fingerprint density at radius 3 is 3.10 bits per heavy atom. The molecular formula is C14H16ClN3O2S. The van der Waals surface area contributed by atoms with Gasteiger partial charge in [-0.3, -0.25) is 9.20 Å². The summed E-state index contributed by atoms with van der Waals surface area (Å²) in [4.78, 5) is 17.0. The van der Waals surface area contributed by atoms with Gasteiger partial charge in [0, 0.05) is 29.1 Å². The van der Waals surface area contributed by atoms with Crippen molar-refractivity contribution in [3.8, 4) is 0 Å². The smallest absolute Gasteiger partial charge is 0.244 e. The average molecular weight is 326 g/mol. The number of nitrogens with one attached hydrogen (secondary N) is 1. The molecule has 1 fully saturated rings. The van der Waals surface area contributed by atoms with Crippen LogP contribution < -0.4 is 5.32 Å². The van der Waals surface area contributed by atoms with Crippen molar-refractivity contribution >= 4 is 39.9 Å². The van der Waals surface area contributed by atoms with Crippen molar-refractivity contribution in [1.82, 2.24) is 14.7 Å². The van der Waals surface area contributed by atoms with E-state index in [1.807, 2.05) is 29.8 Å². The van der Waals surface area contributed by atoms with Gasteiger partial charge in [0.15, 0.2) is 10.1 Å². The van der Waals surface area contributed by atoms with E-state index in [1.165, 1.54) is 17.4 Å². The Bertz CT molecular complexity index is 719. The molecule has 21 heavy (non-hydrogen) atoms. The van der Waals surface area contributed by atoms with Crippen molar-refractivity contribution < 1.29 is 9.90 Å². The van der Waals surface area contributed by atoms with Crippen LogP contribution in [0.5, 0.6) is 0 Å². The lowest BCUT2D eigenvalue weighted by Gasteiger charge is -2.49. The van der Waals surface area contributed by atoms with Gasteiger partial charge >= 0.3 is 0 Å². The molecule has 112 valence electrons. The number of aromatic nitrogens is 2. The number of amides is 1. The van der Waals surface area contributed by atoms with Crippen LogP contribution in [0.4, 0.5) is 0 Å². The fourth-order valence-corrected chi connectivity index (χ4v) is 3.45. The molecule has 1 aliphatic carbocycles. The molecule has 3 rings (SSSR count). The van der Waals surface area contributed by atoms with Gasteiger partial charge in [-0.15, -0.1) is 11.3 Å². The van der Waals surface area contributed by atoms with E-state index in [0.717, 1.165) is 4.96 Å². The van der Waals surface area contributed by atoms with Crippen LogP contribution in [-0.2, 0) is 4.79 Å². The predicted molar refractivity (Wildman–Crippen MR) is 83.4 cm³/mol. The van der Waals surface area contributed by atoms with Crippen LogP contribution in [0.1, 0.15) is 26.0 Å². The van der Waals surface area contributed by atoms with Crippen molar-refractivity contribution in [2.45, 2.75) is 32.4 Å². The SMILES string of the molecule is CC1(C)C(O)CC1NC(=O)/C=C/c1c(Cl)nc2sccn12. The molecule has 2 aromatic rings. The van der Waals surface area contributed by atoms with Gasteiger partial charge in [-0.25, -0.2) is 4.98 Å². The van der Waals surface area contributed by atoms with Crippen LogP contribution >= 0.6 is 22.9 Å². The van der Waals surface area contributed by atoms with Crippen LogP contribution in [0.3, 0.4) is 0 Å². The molecule has 1 saturated carbocycles. The molecule has 2 atom stereocenters. The molecule has 0 saturated heterocycles. The summed E-state index contributed by atoms with van der Waals surface area (Å²) in [5, 5.41) is 14.9. The highest BCUT2D eigenvalue weighted by atomic mass is 35.5. The van der Waals surface area contributed by atoms with E-state index in [4.69, 9.17) is 11.6 Å². The third-order valence-electron chi connectivity index (χ3n) is 4.18. The summed E-state index contributed by atoms with van der Waals surface area (Å²) >= 11 is 7.54. The molecule has 0 aromatic carbocycles. The van der Waals surface area contributed by atoms with Gasteiger partial charge in [0.05, 0.1) is 11.8 Å². The second-order valence-electron chi connectivity index (χ2n) is 5.81. The number of nitrogens with zero attached hydrogens (tertiary/aromatic N) is 2. The number of fused-ring (bicyclic) bond motifs is 1. The Morgan fingerprint density at radius 2 is 2.43 bits per heavy atom. The number of hydrogen-bond donors (Lipinski definition) is 2. The Hall–Kier alpha value is -1.37. The standard InChI is InChI=1S/C14H16ClN3O2S/c1-14(2)9(7-10(14)19)16-11(20)4-3-8-12(15)17-13-18(8)5-6-21-13/h3-6,9-10,19H,7H2,1-2H3,(H,16,20)/b4-3+. The number of hydrogen-bond acceptors (Lipinski definition) is 4. The first kappa shape index (κ1) is 14.6. The van der Waals surface area contributed by atoms with Crippen molar-refractivity contribution in [2.75, 3.05) is 0 Å². The number of thiazole rings is 1. The summed E-state index contributed by atoms with van der Waals surface area (Å²) in [5.74, 6) is -0.193. The van der Waals surface area contributed by atoms with Gasteiger partial charge in [0.25, 0.3) is 0 Å². The Morgan fingerprint density at radius 1 is 1.67 bits per heavy atom. The molecule has 0 spiro atoms. The number of carbonyl (C=O) groups excluding carboxylic acids is 1. The maximum absolute atomic E-state index is 12.0. The van der Waals surface area contributed by atoms with E-state index in [-0.39, 0.29) is 23.5 Å². The van der Waals surface area contributed by atoms with Crippen molar-refractivity contribution in [3.63, 3.8) is 0 Å². The van der Waals surface area contributed by atoms with E-state index >= 15 is 0 Å². The maximum Gasteiger partial charge on any atom is 0.244 e. The Balaban J connectivity index is 1.70. The highest BCUT2D eigenvalue weighted by Crippen LogP contribution is 2.40. The molecule has 1 amide bonds. The predicted octanol–water partition coefficient (Wildman–Crippen LogP) is 2.34. The zero-order chi connectivity index (χ0) is 15.2. The minimum atomic E-state index is -0.360. The lowest BCUT2D eigenvalue weighted by Crippen LogP contribution is -2.60. The number of halogens is 1. The zero-order valence-electron chi connectivity index (χ0n) is 11.7. The van der Waals surface area contributed by atoms with Crippen molar-refractivity contribution in [3.05, 3.63) is 28.5 Å². The molecule has 5 nitrogen and oxygen atoms in total. The number of imidazole rings is 1. The maximum atomic E-state index is 12.0. The van der Waals surface area contributed by atoms with Crippen LogP contribution in [0.15, 0.2) is 17.7 Å². The molecule has 2 aromatic heterocycles.